The van der Waals surface area contributed by atoms with Gasteiger partial charge < -0.3 is 9.26 Å². The second kappa shape index (κ2) is 4.13. The van der Waals surface area contributed by atoms with Crippen molar-refractivity contribution in [2.45, 2.75) is 19.8 Å². The van der Waals surface area contributed by atoms with E-state index in [1.165, 1.54) is 0 Å². The molecule has 2 aromatic rings. The molecule has 2 rings (SSSR count). The Balaban J connectivity index is 2.25. The lowest BCUT2D eigenvalue weighted by Gasteiger charge is -1.97. The van der Waals surface area contributed by atoms with Crippen molar-refractivity contribution in [1.29, 1.82) is 0 Å². The molecule has 4 heteroatoms. The lowest BCUT2D eigenvalue weighted by Crippen LogP contribution is -2.07. The van der Waals surface area contributed by atoms with Gasteiger partial charge in [-0.05, 0) is 23.7 Å². The van der Waals surface area contributed by atoms with Gasteiger partial charge in [0, 0.05) is 6.42 Å². The van der Waals surface area contributed by atoms with E-state index in [9.17, 15) is 4.79 Å². The number of esters is 1. The van der Waals surface area contributed by atoms with Gasteiger partial charge in [-0.15, -0.1) is 0 Å². The van der Waals surface area contributed by atoms with Crippen LogP contribution in [0.4, 0.5) is 0 Å². The summed E-state index contributed by atoms with van der Waals surface area (Å²) in [6.45, 7) is 1.92. The minimum Gasteiger partial charge on any atom is -0.403 e. The molecule has 78 valence electrons. The molecule has 0 aliphatic carbocycles. The van der Waals surface area contributed by atoms with E-state index in [-0.39, 0.29) is 11.8 Å². The molecule has 0 radical (unpaired) electrons. The molecule has 1 aromatic heterocycles. The Kier molecular flexibility index (Phi) is 2.67. The van der Waals surface area contributed by atoms with Gasteiger partial charge in [0.25, 0.3) is 5.88 Å². The summed E-state index contributed by atoms with van der Waals surface area (Å²) in [6, 6.07) is 7.27. The van der Waals surface area contributed by atoms with Crippen molar-refractivity contribution in [1.82, 2.24) is 5.16 Å². The van der Waals surface area contributed by atoms with Crippen molar-refractivity contribution in [3.05, 3.63) is 24.3 Å². The van der Waals surface area contributed by atoms with Crippen LogP contribution in [0.15, 0.2) is 28.8 Å². The van der Waals surface area contributed by atoms with Crippen molar-refractivity contribution in [3.8, 4) is 5.88 Å². The van der Waals surface area contributed by atoms with Crippen LogP contribution in [0.25, 0.3) is 11.0 Å². The number of carbonyl (C=O) groups is 1. The van der Waals surface area contributed by atoms with Crippen LogP contribution in [0, 0.1) is 0 Å². The average Bonchev–Trinajstić information content (AvgIpc) is 2.62. The maximum Gasteiger partial charge on any atom is 0.312 e. The van der Waals surface area contributed by atoms with Crippen LogP contribution in [0.1, 0.15) is 19.8 Å². The van der Waals surface area contributed by atoms with Crippen molar-refractivity contribution in [3.63, 3.8) is 0 Å². The molecule has 0 saturated heterocycles. The summed E-state index contributed by atoms with van der Waals surface area (Å²) in [5.74, 6) is -0.0272. The van der Waals surface area contributed by atoms with E-state index in [1.54, 1.807) is 12.1 Å². The van der Waals surface area contributed by atoms with Gasteiger partial charge in [-0.25, -0.2) is 0 Å². The predicted molar refractivity (Wildman–Crippen MR) is 54.6 cm³/mol. The van der Waals surface area contributed by atoms with Crippen LogP contribution in [-0.2, 0) is 4.79 Å². The van der Waals surface area contributed by atoms with Crippen molar-refractivity contribution in [2.75, 3.05) is 0 Å². The van der Waals surface area contributed by atoms with Crippen molar-refractivity contribution in [2.24, 2.45) is 0 Å². The molecule has 4 nitrogen and oxygen atoms in total. The number of para-hydroxylation sites is 1. The third-order valence-corrected chi connectivity index (χ3v) is 2.01. The largest absolute Gasteiger partial charge is 0.403 e. The number of nitrogens with zero attached hydrogens (tertiary/aromatic N) is 1. The van der Waals surface area contributed by atoms with Gasteiger partial charge in [0.05, 0.1) is 5.39 Å². The first-order valence-electron chi connectivity index (χ1n) is 4.86. The maximum absolute atomic E-state index is 11.3. The normalized spacial score (nSPS) is 10.5. The van der Waals surface area contributed by atoms with Crippen LogP contribution in [0.2, 0.25) is 0 Å². The first-order valence-corrected chi connectivity index (χ1v) is 4.86. The summed E-state index contributed by atoms with van der Waals surface area (Å²) in [7, 11) is 0. The molecule has 0 spiro atoms. The second-order valence-electron chi connectivity index (χ2n) is 3.21. The molecule has 0 N–H and O–H groups in total. The van der Waals surface area contributed by atoms with Gasteiger partial charge in [0.2, 0.25) is 0 Å². The Morgan fingerprint density at radius 1 is 1.47 bits per heavy atom. The number of hydrogen-bond acceptors (Lipinski definition) is 4. The average molecular weight is 205 g/mol. The van der Waals surface area contributed by atoms with Gasteiger partial charge in [-0.3, -0.25) is 4.79 Å². The van der Waals surface area contributed by atoms with E-state index >= 15 is 0 Å². The van der Waals surface area contributed by atoms with Crippen LogP contribution < -0.4 is 4.74 Å². The number of fused-ring (bicyclic) bond motifs is 1. The standard InChI is InChI=1S/C11H11NO3/c1-2-5-10(13)14-11-8-6-3-4-7-9(8)15-12-11/h3-4,6-7H,2,5H2,1H3. The zero-order valence-corrected chi connectivity index (χ0v) is 8.40. The Bertz CT molecular complexity index is 475. The molecule has 0 unspecified atom stereocenters. The second-order valence-corrected chi connectivity index (χ2v) is 3.21. The molecule has 0 saturated carbocycles. The van der Waals surface area contributed by atoms with Crippen LogP contribution in [0.5, 0.6) is 5.88 Å². The number of hydrogen-bond donors (Lipinski definition) is 0. The van der Waals surface area contributed by atoms with E-state index in [1.807, 2.05) is 19.1 Å². The topological polar surface area (TPSA) is 52.3 Å². The van der Waals surface area contributed by atoms with Gasteiger partial charge in [0.15, 0.2) is 5.58 Å². The lowest BCUT2D eigenvalue weighted by atomic mass is 10.3. The first-order chi connectivity index (χ1) is 7.31. The van der Waals surface area contributed by atoms with E-state index < -0.39 is 0 Å². The monoisotopic (exact) mass is 205 g/mol. The van der Waals surface area contributed by atoms with E-state index in [4.69, 9.17) is 9.26 Å². The van der Waals surface area contributed by atoms with Gasteiger partial charge in [0.1, 0.15) is 0 Å². The molecular weight excluding hydrogens is 194 g/mol. The van der Waals surface area contributed by atoms with Crippen LogP contribution in [0.3, 0.4) is 0 Å². The van der Waals surface area contributed by atoms with E-state index in [2.05, 4.69) is 5.16 Å². The van der Waals surface area contributed by atoms with E-state index in [0.29, 0.717) is 12.0 Å². The van der Waals surface area contributed by atoms with Gasteiger partial charge in [-0.1, -0.05) is 19.1 Å². The minimum absolute atomic E-state index is 0.254. The molecule has 0 bridgehead atoms. The summed E-state index contributed by atoms with van der Waals surface area (Å²) in [6.07, 6.45) is 1.15. The Labute approximate surface area is 86.8 Å². The molecule has 0 aliphatic heterocycles. The number of benzene rings is 1. The molecule has 0 fully saturated rings. The zero-order chi connectivity index (χ0) is 10.7. The fourth-order valence-corrected chi connectivity index (χ4v) is 1.30. The van der Waals surface area contributed by atoms with Gasteiger partial charge in [-0.2, -0.15) is 0 Å². The SMILES string of the molecule is CCCC(=O)Oc1noc2ccccc12. The predicted octanol–water partition coefficient (Wildman–Crippen LogP) is 2.53. The van der Waals surface area contributed by atoms with Crippen molar-refractivity contribution < 1.29 is 14.1 Å². The highest BCUT2D eigenvalue weighted by Crippen LogP contribution is 2.24. The third kappa shape index (κ3) is 1.98. The summed E-state index contributed by atoms with van der Waals surface area (Å²) in [5.41, 5.74) is 0.622. The molecule has 0 atom stereocenters. The number of rotatable bonds is 3. The summed E-state index contributed by atoms with van der Waals surface area (Å²) in [4.78, 5) is 11.3. The summed E-state index contributed by atoms with van der Waals surface area (Å²) < 4.78 is 10.1. The lowest BCUT2D eigenvalue weighted by molar-refractivity contribution is -0.134. The minimum atomic E-state index is -0.281. The van der Waals surface area contributed by atoms with E-state index in [0.717, 1.165) is 11.8 Å². The van der Waals surface area contributed by atoms with Crippen LogP contribution in [-0.4, -0.2) is 11.1 Å². The first kappa shape index (κ1) is 9.71. The fraction of sp³-hybridized carbons (Fsp3) is 0.273. The van der Waals surface area contributed by atoms with Gasteiger partial charge >= 0.3 is 5.97 Å². The highest BCUT2D eigenvalue weighted by Gasteiger charge is 2.11. The molecule has 1 aromatic carbocycles. The number of ether oxygens (including phenoxy) is 1. The zero-order valence-electron chi connectivity index (χ0n) is 8.40. The third-order valence-electron chi connectivity index (χ3n) is 2.01. The van der Waals surface area contributed by atoms with Crippen molar-refractivity contribution >= 4 is 16.9 Å². The fourth-order valence-electron chi connectivity index (χ4n) is 1.30. The summed E-state index contributed by atoms with van der Waals surface area (Å²) in [5, 5.41) is 4.42. The molecule has 15 heavy (non-hydrogen) atoms. The molecule has 0 aliphatic rings. The molecular formula is C11H11NO3. The van der Waals surface area contributed by atoms with Crippen LogP contribution >= 0.6 is 0 Å². The maximum atomic E-state index is 11.3. The number of aromatic nitrogens is 1. The molecule has 0 amide bonds. The Morgan fingerprint density at radius 3 is 3.07 bits per heavy atom. The quantitative estimate of drug-likeness (QED) is 0.722. The smallest absolute Gasteiger partial charge is 0.312 e. The Morgan fingerprint density at radius 2 is 2.27 bits per heavy atom. The number of carbonyl (C=O) groups excluding carboxylic acids is 1. The summed E-state index contributed by atoms with van der Waals surface area (Å²) >= 11 is 0. The highest BCUT2D eigenvalue weighted by atomic mass is 16.6. The Hall–Kier alpha value is -1.84. The highest BCUT2D eigenvalue weighted by molar-refractivity contribution is 5.84. The molecule has 1 heterocycles.